The largest absolute Gasteiger partial charge is 0.416 e. The molecule has 1 fully saturated rings. The van der Waals surface area contributed by atoms with Crippen molar-refractivity contribution >= 4 is 27.4 Å². The molecule has 128 valence electrons. The average molecular weight is 370 g/mol. The van der Waals surface area contributed by atoms with E-state index in [1.54, 1.807) is 6.07 Å². The summed E-state index contributed by atoms with van der Waals surface area (Å²) in [6.07, 6.45) is 1.02. The van der Waals surface area contributed by atoms with Gasteiger partial charge in [0.05, 0.1) is 17.3 Å². The number of carbonyl (C=O) groups is 1. The lowest BCUT2D eigenvalue weighted by Gasteiger charge is -2.02. The van der Waals surface area contributed by atoms with Crippen molar-refractivity contribution in [2.45, 2.75) is 18.1 Å². The first-order valence-electron chi connectivity index (χ1n) is 7.36. The average Bonchev–Trinajstić information content (AvgIpc) is 3.11. The van der Waals surface area contributed by atoms with Gasteiger partial charge in [0.2, 0.25) is 5.89 Å². The number of aromatic nitrogens is 2. The van der Waals surface area contributed by atoms with Crippen LogP contribution in [0.5, 0.6) is 0 Å². The number of Topliss-reactive ketones (excluding diaryl/α,β-unsaturated/α-hetero) is 1. The maximum atomic E-state index is 13.1. The monoisotopic (exact) mass is 370 g/mol. The van der Waals surface area contributed by atoms with Crippen LogP contribution in [0.1, 0.15) is 22.7 Å². The van der Waals surface area contributed by atoms with Gasteiger partial charge in [-0.05, 0) is 24.5 Å². The van der Waals surface area contributed by atoms with Crippen molar-refractivity contribution < 1.29 is 22.0 Å². The van der Waals surface area contributed by atoms with E-state index in [0.29, 0.717) is 24.3 Å². The van der Waals surface area contributed by atoms with Crippen molar-refractivity contribution in [3.63, 3.8) is 0 Å². The number of ketones is 1. The molecule has 1 atom stereocenters. The number of halogens is 1. The Morgan fingerprint density at radius 3 is 2.92 bits per heavy atom. The zero-order chi connectivity index (χ0) is 17.2. The topological polar surface area (TPSA) is 90.1 Å². The third-order valence-electron chi connectivity index (χ3n) is 3.71. The molecule has 24 heavy (non-hydrogen) atoms. The molecule has 0 saturated carbocycles. The number of hydrogen-bond donors (Lipinski definition) is 0. The molecule has 0 unspecified atom stereocenters. The van der Waals surface area contributed by atoms with Crippen LogP contribution in [-0.2, 0) is 16.3 Å². The highest BCUT2D eigenvalue weighted by atomic mass is 32.2. The maximum Gasteiger partial charge on any atom is 0.277 e. The smallest absolute Gasteiger partial charge is 0.277 e. The Morgan fingerprint density at radius 2 is 2.21 bits per heavy atom. The van der Waals surface area contributed by atoms with E-state index in [1.807, 2.05) is 0 Å². The van der Waals surface area contributed by atoms with E-state index in [9.17, 15) is 17.6 Å². The van der Waals surface area contributed by atoms with E-state index in [1.165, 1.54) is 18.2 Å². The quantitative estimate of drug-likeness (QED) is 0.568. The lowest BCUT2D eigenvalue weighted by Crippen LogP contribution is -2.07. The molecule has 1 aromatic heterocycles. The van der Waals surface area contributed by atoms with Gasteiger partial charge in [0.15, 0.2) is 15.6 Å². The molecule has 0 amide bonds. The fourth-order valence-corrected chi connectivity index (χ4v) is 5.07. The van der Waals surface area contributed by atoms with Crippen molar-refractivity contribution in [1.29, 1.82) is 0 Å². The summed E-state index contributed by atoms with van der Waals surface area (Å²) in [5, 5.41) is 7.98. The molecule has 0 radical (unpaired) electrons. The van der Waals surface area contributed by atoms with Gasteiger partial charge in [-0.2, -0.15) is 0 Å². The molecule has 1 aromatic carbocycles. The number of carbonyl (C=O) groups excluding carboxylic acids is 1. The summed E-state index contributed by atoms with van der Waals surface area (Å²) in [4.78, 5) is 12.0. The van der Waals surface area contributed by atoms with Crippen LogP contribution in [0.25, 0.3) is 0 Å². The van der Waals surface area contributed by atoms with Gasteiger partial charge in [-0.3, -0.25) is 4.79 Å². The number of nitrogens with zero attached hydrogens (tertiary/aromatic N) is 2. The number of thioether (sulfide) groups is 1. The first-order chi connectivity index (χ1) is 11.4. The van der Waals surface area contributed by atoms with Gasteiger partial charge < -0.3 is 4.42 Å². The molecule has 1 aliphatic rings. The van der Waals surface area contributed by atoms with E-state index in [0.717, 1.165) is 11.8 Å². The van der Waals surface area contributed by atoms with Crippen LogP contribution in [0, 0.1) is 11.7 Å². The zero-order valence-corrected chi connectivity index (χ0v) is 14.3. The summed E-state index contributed by atoms with van der Waals surface area (Å²) in [5.41, 5.74) is 0.290. The molecule has 9 heteroatoms. The summed E-state index contributed by atoms with van der Waals surface area (Å²) in [7, 11) is -2.93. The molecule has 0 bridgehead atoms. The van der Waals surface area contributed by atoms with Crippen molar-refractivity contribution in [3.05, 3.63) is 41.5 Å². The third kappa shape index (κ3) is 4.41. The number of hydrogen-bond acceptors (Lipinski definition) is 7. The van der Waals surface area contributed by atoms with Crippen molar-refractivity contribution in [2.75, 3.05) is 17.3 Å². The summed E-state index contributed by atoms with van der Waals surface area (Å²) in [6.45, 7) is 0. The fraction of sp³-hybridized carbons (Fsp3) is 0.400. The molecular formula is C15H15FN2O4S2. The predicted molar refractivity (Wildman–Crippen MR) is 86.2 cm³/mol. The molecule has 1 aliphatic heterocycles. The third-order valence-corrected chi connectivity index (χ3v) is 6.37. The van der Waals surface area contributed by atoms with E-state index in [4.69, 9.17) is 4.42 Å². The molecule has 6 nitrogen and oxygen atoms in total. The summed E-state index contributed by atoms with van der Waals surface area (Å²) in [5.74, 6) is 0.0903. The van der Waals surface area contributed by atoms with Crippen molar-refractivity contribution in [1.82, 2.24) is 10.2 Å². The molecule has 2 aromatic rings. The van der Waals surface area contributed by atoms with Crippen LogP contribution < -0.4 is 0 Å². The summed E-state index contributed by atoms with van der Waals surface area (Å²) < 4.78 is 41.4. The summed E-state index contributed by atoms with van der Waals surface area (Å²) >= 11 is 1.08. The molecule has 0 spiro atoms. The predicted octanol–water partition coefficient (Wildman–Crippen LogP) is 2.16. The first-order valence-corrected chi connectivity index (χ1v) is 10.2. The van der Waals surface area contributed by atoms with Crippen LogP contribution in [0.15, 0.2) is 33.9 Å². The molecule has 0 N–H and O–H groups in total. The van der Waals surface area contributed by atoms with E-state index in [2.05, 4.69) is 10.2 Å². The van der Waals surface area contributed by atoms with Crippen molar-refractivity contribution in [3.8, 4) is 0 Å². The van der Waals surface area contributed by atoms with Crippen LogP contribution in [0.4, 0.5) is 4.39 Å². The Morgan fingerprint density at radius 1 is 1.38 bits per heavy atom. The van der Waals surface area contributed by atoms with E-state index >= 15 is 0 Å². The number of sulfone groups is 1. The minimum absolute atomic E-state index is 0.00206. The van der Waals surface area contributed by atoms with Gasteiger partial charge in [0.1, 0.15) is 5.82 Å². The highest BCUT2D eigenvalue weighted by molar-refractivity contribution is 7.99. The van der Waals surface area contributed by atoms with Crippen molar-refractivity contribution in [2.24, 2.45) is 5.92 Å². The second kappa shape index (κ2) is 7.02. The SMILES string of the molecule is O=C(CSc1nnc(C[C@H]2CCS(=O)(=O)C2)o1)c1cccc(F)c1. The maximum absolute atomic E-state index is 13.1. The lowest BCUT2D eigenvalue weighted by molar-refractivity contribution is 0.102. The Kier molecular flexibility index (Phi) is 5.00. The molecular weight excluding hydrogens is 355 g/mol. The molecule has 1 saturated heterocycles. The second-order valence-electron chi connectivity index (χ2n) is 5.66. The Hall–Kier alpha value is -1.74. The molecule has 3 rings (SSSR count). The standard InChI is InChI=1S/C15H15FN2O4S2/c16-12-3-1-2-11(7-12)13(19)8-23-15-18-17-14(22-15)6-10-4-5-24(20,21)9-10/h1-3,7,10H,4-6,8-9H2/t10-/m1/s1. The number of rotatable bonds is 6. The Bertz CT molecular complexity index is 851. The van der Waals surface area contributed by atoms with Crippen LogP contribution in [-0.4, -0.2) is 41.7 Å². The van der Waals surface area contributed by atoms with E-state index in [-0.39, 0.29) is 34.2 Å². The minimum Gasteiger partial charge on any atom is -0.416 e. The first kappa shape index (κ1) is 17.1. The number of benzene rings is 1. The molecule has 2 heterocycles. The van der Waals surface area contributed by atoms with Gasteiger partial charge in [-0.25, -0.2) is 12.8 Å². The van der Waals surface area contributed by atoms with Crippen LogP contribution in [0.3, 0.4) is 0 Å². The fourth-order valence-electron chi connectivity index (χ4n) is 2.53. The van der Waals surface area contributed by atoms with Gasteiger partial charge in [-0.15, -0.1) is 10.2 Å². The lowest BCUT2D eigenvalue weighted by atomic mass is 10.1. The zero-order valence-electron chi connectivity index (χ0n) is 12.6. The highest BCUT2D eigenvalue weighted by Gasteiger charge is 2.29. The minimum atomic E-state index is -2.93. The van der Waals surface area contributed by atoms with Gasteiger partial charge in [0, 0.05) is 12.0 Å². The van der Waals surface area contributed by atoms with E-state index < -0.39 is 15.7 Å². The normalized spacial score (nSPS) is 19.5. The van der Waals surface area contributed by atoms with Gasteiger partial charge >= 0.3 is 0 Å². The van der Waals surface area contributed by atoms with Gasteiger partial charge in [-0.1, -0.05) is 23.9 Å². The Labute approximate surface area is 142 Å². The highest BCUT2D eigenvalue weighted by Crippen LogP contribution is 2.24. The van der Waals surface area contributed by atoms with Crippen LogP contribution in [0.2, 0.25) is 0 Å². The molecule has 0 aliphatic carbocycles. The summed E-state index contributed by atoms with van der Waals surface area (Å²) in [6, 6.07) is 5.49. The second-order valence-corrected chi connectivity index (χ2v) is 8.81. The Balaban J connectivity index is 1.54. The van der Waals surface area contributed by atoms with Crippen LogP contribution >= 0.6 is 11.8 Å². The van der Waals surface area contributed by atoms with Gasteiger partial charge in [0.25, 0.3) is 5.22 Å².